The Labute approximate surface area is 118 Å². The van der Waals surface area contributed by atoms with Gasteiger partial charge in [0, 0.05) is 0 Å². The fourth-order valence-electron chi connectivity index (χ4n) is 1.32. The van der Waals surface area contributed by atoms with Crippen molar-refractivity contribution in [2.75, 3.05) is 0 Å². The normalized spacial score (nSPS) is 27.4. The van der Waals surface area contributed by atoms with Gasteiger partial charge in [-0.15, -0.1) is 11.6 Å². The fraction of sp³-hybridized carbons (Fsp3) is 0.333. The van der Waals surface area contributed by atoms with E-state index in [0.29, 0.717) is 0 Å². The highest BCUT2D eigenvalue weighted by atomic mass is 35.5. The minimum Gasteiger partial charge on any atom is -0.500 e. The van der Waals surface area contributed by atoms with Crippen molar-refractivity contribution in [3.63, 3.8) is 0 Å². The monoisotopic (exact) mass is 333 g/mol. The highest BCUT2D eigenvalue weighted by Crippen LogP contribution is 2.45. The molecular formula is C6H2Cl3N3O7. The zero-order valence-corrected chi connectivity index (χ0v) is 10.7. The predicted octanol–water partition coefficient (Wildman–Crippen LogP) is 1.59. The Morgan fingerprint density at radius 3 is 1.95 bits per heavy atom. The van der Waals surface area contributed by atoms with Crippen LogP contribution in [0.4, 0.5) is 0 Å². The van der Waals surface area contributed by atoms with Crippen LogP contribution < -0.4 is 0 Å². The molecule has 0 radical (unpaired) electrons. The molecule has 0 aromatic carbocycles. The standard InChI is InChI=1S/C6H2Cl3N3O7/c7-1-2(10(14)15)4(8)6(9,12(18)19)5(13)3(1)11(16)17/h4,13H. The van der Waals surface area contributed by atoms with Crippen molar-refractivity contribution in [3.8, 4) is 0 Å². The van der Waals surface area contributed by atoms with E-state index in [4.69, 9.17) is 34.8 Å². The lowest BCUT2D eigenvalue weighted by atomic mass is 10.0. The Morgan fingerprint density at radius 2 is 1.63 bits per heavy atom. The van der Waals surface area contributed by atoms with Crippen LogP contribution in [0.2, 0.25) is 0 Å². The van der Waals surface area contributed by atoms with E-state index in [2.05, 4.69) is 0 Å². The summed E-state index contributed by atoms with van der Waals surface area (Å²) in [6.07, 6.45) is 0. The predicted molar refractivity (Wildman–Crippen MR) is 61.7 cm³/mol. The summed E-state index contributed by atoms with van der Waals surface area (Å²) in [7, 11) is 0. The van der Waals surface area contributed by atoms with Crippen LogP contribution in [0.3, 0.4) is 0 Å². The lowest BCUT2D eigenvalue weighted by Gasteiger charge is -2.23. The van der Waals surface area contributed by atoms with Crippen LogP contribution in [0.5, 0.6) is 0 Å². The second kappa shape index (κ2) is 4.79. The van der Waals surface area contributed by atoms with Gasteiger partial charge in [-0.25, -0.2) is 0 Å². The number of rotatable bonds is 3. The molecule has 1 aliphatic carbocycles. The van der Waals surface area contributed by atoms with E-state index in [1.54, 1.807) is 0 Å². The van der Waals surface area contributed by atoms with Gasteiger partial charge in [-0.05, 0) is 11.6 Å². The summed E-state index contributed by atoms with van der Waals surface area (Å²) in [6, 6.07) is 0. The van der Waals surface area contributed by atoms with Gasteiger partial charge in [-0.2, -0.15) is 0 Å². The summed E-state index contributed by atoms with van der Waals surface area (Å²) in [6.45, 7) is 0. The van der Waals surface area contributed by atoms with Crippen LogP contribution in [0, 0.1) is 30.3 Å². The van der Waals surface area contributed by atoms with Gasteiger partial charge in [0.05, 0.1) is 14.8 Å². The molecule has 1 aliphatic rings. The van der Waals surface area contributed by atoms with E-state index < -0.39 is 47.3 Å². The molecule has 0 aliphatic heterocycles. The van der Waals surface area contributed by atoms with Gasteiger partial charge in [0.25, 0.3) is 11.5 Å². The van der Waals surface area contributed by atoms with Gasteiger partial charge >= 0.3 is 10.7 Å². The first kappa shape index (κ1) is 15.4. The third-order valence-electron chi connectivity index (χ3n) is 2.21. The summed E-state index contributed by atoms with van der Waals surface area (Å²) >= 11 is 16.3. The number of nitrogens with zero attached hydrogens (tertiary/aromatic N) is 3. The number of allylic oxidation sites excluding steroid dienone is 1. The molecule has 0 saturated heterocycles. The minimum absolute atomic E-state index is 1.12. The maximum Gasteiger partial charge on any atom is 0.384 e. The van der Waals surface area contributed by atoms with Crippen molar-refractivity contribution >= 4 is 34.8 Å². The van der Waals surface area contributed by atoms with Gasteiger partial charge in [0.15, 0.2) is 5.03 Å². The molecule has 0 aromatic heterocycles. The average molecular weight is 334 g/mol. The van der Waals surface area contributed by atoms with Crippen molar-refractivity contribution in [3.05, 3.63) is 52.5 Å². The van der Waals surface area contributed by atoms with E-state index >= 15 is 0 Å². The Kier molecular flexibility index (Phi) is 3.89. The highest BCUT2D eigenvalue weighted by Gasteiger charge is 2.66. The van der Waals surface area contributed by atoms with Crippen LogP contribution in [-0.2, 0) is 0 Å². The molecular weight excluding hydrogens is 332 g/mol. The van der Waals surface area contributed by atoms with Crippen molar-refractivity contribution in [2.45, 2.75) is 10.4 Å². The van der Waals surface area contributed by atoms with Gasteiger partial charge in [0.2, 0.25) is 5.38 Å². The van der Waals surface area contributed by atoms with Crippen LogP contribution in [0.1, 0.15) is 0 Å². The molecule has 0 bridgehead atoms. The molecule has 0 saturated carbocycles. The molecule has 1 N–H and O–H groups in total. The van der Waals surface area contributed by atoms with Crippen molar-refractivity contribution in [1.29, 1.82) is 0 Å². The number of hydrogen-bond acceptors (Lipinski definition) is 7. The average Bonchev–Trinajstić information content (AvgIpc) is 2.24. The Bertz CT molecular complexity index is 558. The lowest BCUT2D eigenvalue weighted by molar-refractivity contribution is -0.545. The zero-order valence-electron chi connectivity index (χ0n) is 8.45. The van der Waals surface area contributed by atoms with Gasteiger partial charge in [-0.3, -0.25) is 30.3 Å². The first-order valence-corrected chi connectivity index (χ1v) is 5.36. The first-order valence-electron chi connectivity index (χ1n) is 4.16. The van der Waals surface area contributed by atoms with E-state index in [-0.39, 0.29) is 0 Å². The molecule has 104 valence electrons. The zero-order chi connectivity index (χ0) is 15.1. The Morgan fingerprint density at radius 1 is 1.16 bits per heavy atom. The number of alkyl halides is 2. The fourth-order valence-corrected chi connectivity index (χ4v) is 2.28. The van der Waals surface area contributed by atoms with Crippen LogP contribution >= 0.6 is 34.8 Å². The van der Waals surface area contributed by atoms with Gasteiger partial charge in [-0.1, -0.05) is 11.6 Å². The molecule has 0 fully saturated rings. The number of hydrogen-bond donors (Lipinski definition) is 1. The SMILES string of the molecule is O=[N+]([O-])C1=C(O)C(Cl)([N+](=O)[O-])C(Cl)C([N+](=O)[O-])=C1Cl. The Hall–Kier alpha value is -1.65. The van der Waals surface area contributed by atoms with Gasteiger partial charge < -0.3 is 5.11 Å². The lowest BCUT2D eigenvalue weighted by Crippen LogP contribution is -2.49. The van der Waals surface area contributed by atoms with Crippen molar-refractivity contribution in [2.24, 2.45) is 0 Å². The highest BCUT2D eigenvalue weighted by molar-refractivity contribution is 6.37. The molecule has 0 spiro atoms. The summed E-state index contributed by atoms with van der Waals surface area (Å²) < 4.78 is 0. The number of aliphatic hydroxyl groups excluding tert-OH is 1. The molecule has 0 aromatic rings. The second-order valence-electron chi connectivity index (χ2n) is 3.20. The maximum atomic E-state index is 10.8. The summed E-state index contributed by atoms with van der Waals surface area (Å²) in [5.74, 6) is -1.57. The van der Waals surface area contributed by atoms with Crippen molar-refractivity contribution in [1.82, 2.24) is 0 Å². The molecule has 19 heavy (non-hydrogen) atoms. The smallest absolute Gasteiger partial charge is 0.384 e. The van der Waals surface area contributed by atoms with E-state index in [1.165, 1.54) is 0 Å². The summed E-state index contributed by atoms with van der Waals surface area (Å²) in [5.41, 5.74) is -2.67. The van der Waals surface area contributed by atoms with Gasteiger partial charge in [0.1, 0.15) is 0 Å². The van der Waals surface area contributed by atoms with Crippen LogP contribution in [0.15, 0.2) is 22.2 Å². The summed E-state index contributed by atoms with van der Waals surface area (Å²) in [4.78, 5) is 25.1. The van der Waals surface area contributed by atoms with E-state index in [1.807, 2.05) is 0 Å². The third-order valence-corrected chi connectivity index (χ3v) is 3.75. The Balaban J connectivity index is 3.76. The molecule has 0 amide bonds. The number of nitro groups is 3. The number of halogens is 3. The van der Waals surface area contributed by atoms with Crippen LogP contribution in [0.25, 0.3) is 0 Å². The quantitative estimate of drug-likeness (QED) is 0.356. The summed E-state index contributed by atoms with van der Waals surface area (Å²) in [5, 5.41) is 38.4. The maximum absolute atomic E-state index is 10.8. The molecule has 2 unspecified atom stereocenters. The van der Waals surface area contributed by atoms with E-state index in [0.717, 1.165) is 0 Å². The van der Waals surface area contributed by atoms with Crippen molar-refractivity contribution < 1.29 is 19.9 Å². The number of aliphatic hydroxyl groups is 1. The molecule has 13 heteroatoms. The van der Waals surface area contributed by atoms with E-state index in [9.17, 15) is 35.4 Å². The largest absolute Gasteiger partial charge is 0.500 e. The molecule has 10 nitrogen and oxygen atoms in total. The molecule has 1 rings (SSSR count). The molecule has 2 atom stereocenters. The first-order chi connectivity index (χ1) is 8.56. The topological polar surface area (TPSA) is 150 Å². The van der Waals surface area contributed by atoms with Crippen LogP contribution in [-0.4, -0.2) is 30.3 Å². The second-order valence-corrected chi connectivity index (χ2v) is 4.59. The molecule has 0 heterocycles. The third kappa shape index (κ3) is 2.07. The minimum atomic E-state index is -3.15.